The molecule has 0 unspecified atom stereocenters. The molecule has 2 aromatic heterocycles. The topological polar surface area (TPSA) is 71.0 Å². The van der Waals surface area contributed by atoms with Gasteiger partial charge in [0.2, 0.25) is 0 Å². The molecule has 2 heterocycles. The molecule has 0 atom stereocenters. The zero-order valence-electron chi connectivity index (χ0n) is 15.2. The zero-order chi connectivity index (χ0) is 18.6. The van der Waals surface area contributed by atoms with E-state index >= 15 is 0 Å². The molecule has 6 heteroatoms. The van der Waals surface area contributed by atoms with Crippen LogP contribution in [0.15, 0.2) is 61.1 Å². The Kier molecular flexibility index (Phi) is 4.78. The molecule has 6 nitrogen and oxygen atoms in total. The Morgan fingerprint density at radius 2 is 1.81 bits per heavy atom. The molecule has 0 radical (unpaired) electrons. The molecule has 0 bridgehead atoms. The molecule has 1 saturated carbocycles. The zero-order valence-corrected chi connectivity index (χ0v) is 15.2. The number of pyridine rings is 1. The minimum atomic E-state index is -0.0585. The summed E-state index contributed by atoms with van der Waals surface area (Å²) in [4.78, 5) is 27.0. The maximum absolute atomic E-state index is 12.5. The number of anilines is 2. The molecule has 1 N–H and O–H groups in total. The van der Waals surface area contributed by atoms with Gasteiger partial charge in [-0.25, -0.2) is 9.97 Å². The van der Waals surface area contributed by atoms with Crippen LogP contribution in [0.1, 0.15) is 40.5 Å². The van der Waals surface area contributed by atoms with Crippen LogP contribution in [-0.2, 0) is 6.54 Å². The highest BCUT2D eigenvalue weighted by atomic mass is 16.2. The van der Waals surface area contributed by atoms with Crippen LogP contribution >= 0.6 is 0 Å². The van der Waals surface area contributed by atoms with Crippen LogP contribution in [0.2, 0.25) is 0 Å². The molecule has 0 saturated heterocycles. The first-order valence-electron chi connectivity index (χ1n) is 9.04. The highest BCUT2D eigenvalue weighted by Gasteiger charge is 2.26. The molecule has 1 aliphatic carbocycles. The molecule has 4 rings (SSSR count). The SMILES string of the molecule is CN(C(=O)c1ccncc1)c1ccc(CNc2ccnc(C3CC3)n2)cc1. The van der Waals surface area contributed by atoms with Gasteiger partial charge in [-0.2, -0.15) is 0 Å². The van der Waals surface area contributed by atoms with Gasteiger partial charge < -0.3 is 10.2 Å². The van der Waals surface area contributed by atoms with E-state index in [1.165, 1.54) is 12.8 Å². The Bertz CT molecular complexity index is 923. The van der Waals surface area contributed by atoms with Crippen LogP contribution in [-0.4, -0.2) is 27.9 Å². The van der Waals surface area contributed by atoms with Crippen molar-refractivity contribution in [3.8, 4) is 0 Å². The maximum atomic E-state index is 12.5. The predicted octanol–water partition coefficient (Wildman–Crippen LogP) is 3.64. The number of aromatic nitrogens is 3. The largest absolute Gasteiger partial charge is 0.366 e. The van der Waals surface area contributed by atoms with E-state index in [9.17, 15) is 4.79 Å². The van der Waals surface area contributed by atoms with Crippen LogP contribution in [0, 0.1) is 0 Å². The fourth-order valence-corrected chi connectivity index (χ4v) is 2.85. The molecule has 27 heavy (non-hydrogen) atoms. The first kappa shape index (κ1) is 17.1. The van der Waals surface area contributed by atoms with E-state index in [4.69, 9.17) is 0 Å². The lowest BCUT2D eigenvalue weighted by atomic mass is 10.1. The van der Waals surface area contributed by atoms with Crippen LogP contribution in [0.5, 0.6) is 0 Å². The van der Waals surface area contributed by atoms with Crippen LogP contribution in [0.3, 0.4) is 0 Å². The molecule has 1 fully saturated rings. The van der Waals surface area contributed by atoms with Crippen molar-refractivity contribution in [3.63, 3.8) is 0 Å². The summed E-state index contributed by atoms with van der Waals surface area (Å²) < 4.78 is 0. The third kappa shape index (κ3) is 4.11. The molecule has 136 valence electrons. The van der Waals surface area contributed by atoms with Crippen molar-refractivity contribution in [1.82, 2.24) is 15.0 Å². The Labute approximate surface area is 158 Å². The monoisotopic (exact) mass is 359 g/mol. The summed E-state index contributed by atoms with van der Waals surface area (Å²) in [5, 5.41) is 3.34. The Balaban J connectivity index is 1.38. The van der Waals surface area contributed by atoms with Crippen molar-refractivity contribution in [2.24, 2.45) is 0 Å². The number of hydrogen-bond donors (Lipinski definition) is 1. The second kappa shape index (κ2) is 7.53. The summed E-state index contributed by atoms with van der Waals surface area (Å²) in [6, 6.07) is 13.3. The third-order valence-corrected chi connectivity index (χ3v) is 4.65. The Hall–Kier alpha value is -3.28. The minimum absolute atomic E-state index is 0.0585. The molecule has 3 aromatic rings. The fourth-order valence-electron chi connectivity index (χ4n) is 2.85. The third-order valence-electron chi connectivity index (χ3n) is 4.65. The van der Waals surface area contributed by atoms with E-state index in [1.54, 1.807) is 36.5 Å². The number of nitrogens with one attached hydrogen (secondary N) is 1. The van der Waals surface area contributed by atoms with E-state index in [0.717, 1.165) is 22.9 Å². The number of nitrogens with zero attached hydrogens (tertiary/aromatic N) is 4. The lowest BCUT2D eigenvalue weighted by Gasteiger charge is -2.18. The van der Waals surface area contributed by atoms with Gasteiger partial charge in [0.15, 0.2) is 0 Å². The standard InChI is InChI=1S/C21H21N5O/c1-26(21(27)17-8-11-22-12-9-17)18-6-2-15(3-7-18)14-24-19-10-13-23-20(25-19)16-4-5-16/h2-3,6-13,16H,4-5,14H2,1H3,(H,23,24,25). The van der Waals surface area contributed by atoms with Crippen molar-refractivity contribution < 1.29 is 4.79 Å². The summed E-state index contributed by atoms with van der Waals surface area (Å²) in [6.07, 6.45) is 7.44. The number of carbonyl (C=O) groups is 1. The average Bonchev–Trinajstić information content (AvgIpc) is 3.58. The van der Waals surface area contributed by atoms with Gasteiger partial charge in [-0.05, 0) is 48.7 Å². The summed E-state index contributed by atoms with van der Waals surface area (Å²) in [5.41, 5.74) is 2.59. The van der Waals surface area contributed by atoms with E-state index in [1.807, 2.05) is 36.5 Å². The molecule has 0 aliphatic heterocycles. The van der Waals surface area contributed by atoms with Gasteiger partial charge in [0.1, 0.15) is 11.6 Å². The van der Waals surface area contributed by atoms with Crippen molar-refractivity contribution in [2.75, 3.05) is 17.3 Å². The summed E-state index contributed by atoms with van der Waals surface area (Å²) in [5.74, 6) is 2.27. The second-order valence-electron chi connectivity index (χ2n) is 6.69. The number of benzene rings is 1. The summed E-state index contributed by atoms with van der Waals surface area (Å²) >= 11 is 0. The molecule has 0 spiro atoms. The predicted molar refractivity (Wildman–Crippen MR) is 105 cm³/mol. The quantitative estimate of drug-likeness (QED) is 0.728. The van der Waals surface area contributed by atoms with Gasteiger partial charge in [-0.3, -0.25) is 9.78 Å². The van der Waals surface area contributed by atoms with Crippen molar-refractivity contribution in [3.05, 3.63) is 78.0 Å². The van der Waals surface area contributed by atoms with Gasteiger partial charge >= 0.3 is 0 Å². The summed E-state index contributed by atoms with van der Waals surface area (Å²) in [6.45, 7) is 0.670. The minimum Gasteiger partial charge on any atom is -0.366 e. The number of carbonyl (C=O) groups excluding carboxylic acids is 1. The van der Waals surface area contributed by atoms with Crippen molar-refractivity contribution in [1.29, 1.82) is 0 Å². The van der Waals surface area contributed by atoms with Gasteiger partial charge in [0.25, 0.3) is 5.91 Å². The Morgan fingerprint density at radius 3 is 2.52 bits per heavy atom. The normalized spacial score (nSPS) is 13.2. The molecule has 1 aromatic carbocycles. The number of rotatable bonds is 6. The van der Waals surface area contributed by atoms with E-state index in [0.29, 0.717) is 18.0 Å². The molecular weight excluding hydrogens is 338 g/mol. The van der Waals surface area contributed by atoms with Crippen LogP contribution in [0.4, 0.5) is 11.5 Å². The van der Waals surface area contributed by atoms with Gasteiger partial charge in [0.05, 0.1) is 0 Å². The lowest BCUT2D eigenvalue weighted by Crippen LogP contribution is -2.26. The molecular formula is C21H21N5O. The fraction of sp³-hybridized carbons (Fsp3) is 0.238. The average molecular weight is 359 g/mol. The molecule has 1 aliphatic rings. The second-order valence-corrected chi connectivity index (χ2v) is 6.69. The summed E-state index contributed by atoms with van der Waals surface area (Å²) in [7, 11) is 1.77. The van der Waals surface area contributed by atoms with Crippen molar-refractivity contribution >= 4 is 17.4 Å². The Morgan fingerprint density at radius 1 is 1.07 bits per heavy atom. The molecule has 1 amide bonds. The van der Waals surface area contributed by atoms with E-state index < -0.39 is 0 Å². The first-order chi connectivity index (χ1) is 13.2. The smallest absolute Gasteiger partial charge is 0.258 e. The number of amides is 1. The van der Waals surface area contributed by atoms with Crippen LogP contribution < -0.4 is 10.2 Å². The number of hydrogen-bond acceptors (Lipinski definition) is 5. The van der Waals surface area contributed by atoms with E-state index in [-0.39, 0.29) is 5.91 Å². The van der Waals surface area contributed by atoms with Crippen LogP contribution in [0.25, 0.3) is 0 Å². The maximum Gasteiger partial charge on any atom is 0.258 e. The lowest BCUT2D eigenvalue weighted by molar-refractivity contribution is 0.0993. The van der Waals surface area contributed by atoms with Gasteiger partial charge in [-0.1, -0.05) is 12.1 Å². The van der Waals surface area contributed by atoms with Gasteiger partial charge in [-0.15, -0.1) is 0 Å². The van der Waals surface area contributed by atoms with Gasteiger partial charge in [0, 0.05) is 49.4 Å². The first-order valence-corrected chi connectivity index (χ1v) is 9.04. The highest BCUT2D eigenvalue weighted by molar-refractivity contribution is 6.05. The van der Waals surface area contributed by atoms with E-state index in [2.05, 4.69) is 20.3 Å². The van der Waals surface area contributed by atoms with Crippen molar-refractivity contribution in [2.45, 2.75) is 25.3 Å². The highest BCUT2D eigenvalue weighted by Crippen LogP contribution is 2.38.